The molecule has 1 heterocycles. The van der Waals surface area contributed by atoms with Crippen molar-refractivity contribution in [3.8, 4) is 0 Å². The SMILES string of the molecule is C=CCNC(=O)C(C)Sc1nc2ccccc2c(=O)n1CCCCCC. The van der Waals surface area contributed by atoms with E-state index in [9.17, 15) is 9.59 Å². The largest absolute Gasteiger partial charge is 0.352 e. The predicted molar refractivity (Wildman–Crippen MR) is 109 cm³/mol. The van der Waals surface area contributed by atoms with E-state index in [0.29, 0.717) is 29.1 Å². The van der Waals surface area contributed by atoms with Gasteiger partial charge in [-0.25, -0.2) is 4.98 Å². The Balaban J connectivity index is 2.30. The van der Waals surface area contributed by atoms with E-state index in [2.05, 4.69) is 23.8 Å². The van der Waals surface area contributed by atoms with Gasteiger partial charge < -0.3 is 5.32 Å². The number of hydrogen-bond acceptors (Lipinski definition) is 4. The van der Waals surface area contributed by atoms with Crippen LogP contribution < -0.4 is 10.9 Å². The molecule has 1 amide bonds. The molecule has 0 fully saturated rings. The van der Waals surface area contributed by atoms with Gasteiger partial charge in [0.1, 0.15) is 0 Å². The van der Waals surface area contributed by atoms with Crippen molar-refractivity contribution < 1.29 is 4.79 Å². The van der Waals surface area contributed by atoms with Gasteiger partial charge in [-0.3, -0.25) is 14.2 Å². The molecule has 2 rings (SSSR count). The number of hydrogen-bond donors (Lipinski definition) is 1. The van der Waals surface area contributed by atoms with Gasteiger partial charge in [-0.05, 0) is 25.5 Å². The van der Waals surface area contributed by atoms with Gasteiger partial charge in [0.2, 0.25) is 5.91 Å². The van der Waals surface area contributed by atoms with Gasteiger partial charge >= 0.3 is 0 Å². The lowest BCUT2D eigenvalue weighted by Crippen LogP contribution is -2.32. The summed E-state index contributed by atoms with van der Waals surface area (Å²) >= 11 is 1.33. The Morgan fingerprint density at radius 3 is 2.85 bits per heavy atom. The van der Waals surface area contributed by atoms with Crippen molar-refractivity contribution in [2.45, 2.75) is 56.5 Å². The van der Waals surface area contributed by atoms with E-state index in [4.69, 9.17) is 0 Å². The minimum atomic E-state index is -0.343. The van der Waals surface area contributed by atoms with Crippen LogP contribution in [0.5, 0.6) is 0 Å². The average molecular weight is 374 g/mol. The third kappa shape index (κ3) is 5.21. The number of amides is 1. The number of nitrogens with one attached hydrogen (secondary N) is 1. The highest BCUT2D eigenvalue weighted by molar-refractivity contribution is 8.00. The topological polar surface area (TPSA) is 64.0 Å². The molecule has 0 aliphatic heterocycles. The first-order valence-corrected chi connectivity index (χ1v) is 10.0. The number of carbonyl (C=O) groups is 1. The van der Waals surface area contributed by atoms with Crippen molar-refractivity contribution in [1.29, 1.82) is 0 Å². The monoisotopic (exact) mass is 373 g/mol. The van der Waals surface area contributed by atoms with Gasteiger partial charge in [-0.2, -0.15) is 0 Å². The molecule has 140 valence electrons. The van der Waals surface area contributed by atoms with Crippen LogP contribution in [0.1, 0.15) is 39.5 Å². The first kappa shape index (κ1) is 20.2. The highest BCUT2D eigenvalue weighted by Crippen LogP contribution is 2.23. The molecule has 2 aromatic rings. The Labute approximate surface area is 158 Å². The molecule has 1 aromatic heterocycles. The van der Waals surface area contributed by atoms with E-state index in [1.54, 1.807) is 10.6 Å². The highest BCUT2D eigenvalue weighted by Gasteiger charge is 2.18. The Kier molecular flexibility index (Phi) is 7.91. The van der Waals surface area contributed by atoms with Crippen LogP contribution >= 0.6 is 11.8 Å². The van der Waals surface area contributed by atoms with Crippen molar-refractivity contribution in [2.75, 3.05) is 6.54 Å². The molecule has 1 N–H and O–H groups in total. The van der Waals surface area contributed by atoms with Crippen LogP contribution in [0, 0.1) is 0 Å². The molecule has 0 bridgehead atoms. The van der Waals surface area contributed by atoms with Gasteiger partial charge in [0, 0.05) is 13.1 Å². The Morgan fingerprint density at radius 2 is 2.12 bits per heavy atom. The van der Waals surface area contributed by atoms with Crippen molar-refractivity contribution >= 4 is 28.6 Å². The zero-order valence-electron chi connectivity index (χ0n) is 15.5. The summed E-state index contributed by atoms with van der Waals surface area (Å²) in [6.07, 6.45) is 5.95. The summed E-state index contributed by atoms with van der Waals surface area (Å²) in [7, 11) is 0. The molecular formula is C20H27N3O2S. The molecule has 5 nitrogen and oxygen atoms in total. The van der Waals surface area contributed by atoms with Crippen LogP contribution in [0.3, 0.4) is 0 Å². The molecule has 0 aliphatic carbocycles. The molecule has 0 saturated carbocycles. The summed E-state index contributed by atoms with van der Waals surface area (Å²) in [5, 5.41) is 3.67. The number of para-hydroxylation sites is 1. The predicted octanol–water partition coefficient (Wildman–Crippen LogP) is 3.76. The maximum Gasteiger partial charge on any atom is 0.262 e. The molecule has 1 aromatic carbocycles. The summed E-state index contributed by atoms with van der Waals surface area (Å²) in [5.41, 5.74) is 0.636. The fraction of sp³-hybridized carbons (Fsp3) is 0.450. The second-order valence-electron chi connectivity index (χ2n) is 6.22. The Morgan fingerprint density at radius 1 is 1.35 bits per heavy atom. The van der Waals surface area contributed by atoms with Crippen LogP contribution in [-0.4, -0.2) is 27.3 Å². The van der Waals surface area contributed by atoms with Crippen molar-refractivity contribution in [3.05, 3.63) is 47.3 Å². The summed E-state index contributed by atoms with van der Waals surface area (Å²) in [6.45, 7) is 8.65. The Bertz CT molecular complexity index is 816. The number of fused-ring (bicyclic) bond motifs is 1. The number of aromatic nitrogens is 2. The average Bonchev–Trinajstić information content (AvgIpc) is 2.65. The van der Waals surface area contributed by atoms with E-state index in [-0.39, 0.29) is 16.7 Å². The standard InChI is InChI=1S/C20H27N3O2S/c1-4-6-7-10-14-23-19(25)16-11-8-9-12-17(16)22-20(23)26-15(3)18(24)21-13-5-2/h5,8-9,11-12,15H,2,4,6-7,10,13-14H2,1,3H3,(H,21,24). The van der Waals surface area contributed by atoms with Gasteiger partial charge in [0.05, 0.1) is 16.2 Å². The number of unbranched alkanes of at least 4 members (excludes halogenated alkanes) is 3. The fourth-order valence-electron chi connectivity index (χ4n) is 2.66. The van der Waals surface area contributed by atoms with Crippen molar-refractivity contribution in [3.63, 3.8) is 0 Å². The molecule has 0 saturated heterocycles. The molecule has 1 unspecified atom stereocenters. The zero-order valence-corrected chi connectivity index (χ0v) is 16.3. The highest BCUT2D eigenvalue weighted by atomic mass is 32.2. The lowest BCUT2D eigenvalue weighted by Gasteiger charge is -2.16. The third-order valence-electron chi connectivity index (χ3n) is 4.13. The third-order valence-corrected chi connectivity index (χ3v) is 5.22. The smallest absolute Gasteiger partial charge is 0.262 e. The van der Waals surface area contributed by atoms with E-state index in [0.717, 1.165) is 25.7 Å². The van der Waals surface area contributed by atoms with E-state index in [1.807, 2.05) is 31.2 Å². The van der Waals surface area contributed by atoms with Crippen molar-refractivity contribution in [1.82, 2.24) is 14.9 Å². The van der Waals surface area contributed by atoms with Gasteiger partial charge in [0.25, 0.3) is 5.56 Å². The van der Waals surface area contributed by atoms with Crippen LogP contribution in [0.2, 0.25) is 0 Å². The quantitative estimate of drug-likeness (QED) is 0.298. The molecule has 6 heteroatoms. The lowest BCUT2D eigenvalue weighted by molar-refractivity contribution is -0.120. The molecule has 0 aliphatic rings. The van der Waals surface area contributed by atoms with Crippen LogP contribution in [0.15, 0.2) is 46.9 Å². The summed E-state index contributed by atoms with van der Waals surface area (Å²) in [5.74, 6) is -0.0881. The molecule has 0 spiro atoms. The number of carbonyl (C=O) groups excluding carboxylic acids is 1. The Hall–Kier alpha value is -2.08. The van der Waals surface area contributed by atoms with E-state index < -0.39 is 0 Å². The summed E-state index contributed by atoms with van der Waals surface area (Å²) in [6, 6.07) is 7.37. The van der Waals surface area contributed by atoms with Crippen LogP contribution in [-0.2, 0) is 11.3 Å². The second kappa shape index (κ2) is 10.2. The summed E-state index contributed by atoms with van der Waals surface area (Å²) < 4.78 is 1.72. The number of thioether (sulfide) groups is 1. The summed E-state index contributed by atoms with van der Waals surface area (Å²) in [4.78, 5) is 29.8. The second-order valence-corrected chi connectivity index (χ2v) is 7.53. The first-order valence-electron chi connectivity index (χ1n) is 9.13. The first-order chi connectivity index (χ1) is 12.6. The van der Waals surface area contributed by atoms with Gasteiger partial charge in [0.15, 0.2) is 5.16 Å². The fourth-order valence-corrected chi connectivity index (χ4v) is 3.62. The molecule has 1 atom stereocenters. The minimum Gasteiger partial charge on any atom is -0.352 e. The molecule has 0 radical (unpaired) electrons. The minimum absolute atomic E-state index is 0.0340. The molecule has 26 heavy (non-hydrogen) atoms. The lowest BCUT2D eigenvalue weighted by atomic mass is 10.2. The normalized spacial score (nSPS) is 12.1. The van der Waals surface area contributed by atoms with E-state index in [1.165, 1.54) is 11.8 Å². The maximum absolute atomic E-state index is 12.9. The van der Waals surface area contributed by atoms with Gasteiger partial charge in [-0.1, -0.05) is 56.2 Å². The van der Waals surface area contributed by atoms with Gasteiger partial charge in [-0.15, -0.1) is 6.58 Å². The number of benzene rings is 1. The number of nitrogens with zero attached hydrogens (tertiary/aromatic N) is 2. The molecular weight excluding hydrogens is 346 g/mol. The maximum atomic E-state index is 12.9. The van der Waals surface area contributed by atoms with Crippen molar-refractivity contribution in [2.24, 2.45) is 0 Å². The van der Waals surface area contributed by atoms with Crippen LogP contribution in [0.25, 0.3) is 10.9 Å². The zero-order chi connectivity index (χ0) is 18.9. The number of rotatable bonds is 10. The van der Waals surface area contributed by atoms with Crippen LogP contribution in [0.4, 0.5) is 0 Å². The van der Waals surface area contributed by atoms with E-state index >= 15 is 0 Å².